The minimum atomic E-state index is -1.11. The second-order valence-electron chi connectivity index (χ2n) is 6.96. The lowest BCUT2D eigenvalue weighted by Gasteiger charge is -2.23. The number of hydrogen-bond acceptors (Lipinski definition) is 8. The molecule has 146 valence electrons. The average molecular weight is 423 g/mol. The minimum Gasteiger partial charge on any atom is -0.396 e. The van der Waals surface area contributed by atoms with E-state index in [9.17, 15) is 4.21 Å². The van der Waals surface area contributed by atoms with Gasteiger partial charge in [-0.15, -0.1) is 11.3 Å². The van der Waals surface area contributed by atoms with Crippen molar-refractivity contribution < 1.29 is 4.21 Å². The van der Waals surface area contributed by atoms with E-state index in [1.54, 1.807) is 24.8 Å². The molecule has 1 aliphatic rings. The Morgan fingerprint density at radius 3 is 2.55 bits per heavy atom. The second-order valence-corrected chi connectivity index (χ2v) is 9.89. The van der Waals surface area contributed by atoms with Gasteiger partial charge < -0.3 is 11.5 Å². The Morgan fingerprint density at radius 1 is 1.10 bits per heavy atom. The van der Waals surface area contributed by atoms with Gasteiger partial charge in [-0.2, -0.15) is 0 Å². The maximum absolute atomic E-state index is 13.0. The van der Waals surface area contributed by atoms with Gasteiger partial charge in [0.1, 0.15) is 9.04 Å². The molecule has 0 spiro atoms. The van der Waals surface area contributed by atoms with Crippen LogP contribution in [0.1, 0.15) is 19.3 Å². The lowest BCUT2D eigenvalue weighted by Crippen LogP contribution is -2.23. The molecule has 4 aromatic heterocycles. The predicted molar refractivity (Wildman–Crippen MR) is 117 cm³/mol. The zero-order valence-electron chi connectivity index (χ0n) is 15.4. The molecule has 7 nitrogen and oxygen atoms in total. The highest BCUT2D eigenvalue weighted by molar-refractivity contribution is 7.88. The molecule has 29 heavy (non-hydrogen) atoms. The molecule has 1 atom stereocenters. The van der Waals surface area contributed by atoms with Crippen LogP contribution in [-0.2, 0) is 10.8 Å². The Hall–Kier alpha value is -2.91. The molecule has 0 radical (unpaired) electrons. The van der Waals surface area contributed by atoms with E-state index in [0.29, 0.717) is 15.6 Å². The minimum absolute atomic E-state index is 0.192. The summed E-state index contributed by atoms with van der Waals surface area (Å²) in [7, 11) is -1.11. The largest absolute Gasteiger partial charge is 0.396 e. The van der Waals surface area contributed by atoms with Crippen LogP contribution in [0, 0.1) is 0 Å². The van der Waals surface area contributed by atoms with Crippen molar-refractivity contribution in [1.29, 1.82) is 0 Å². The molecular weight excluding hydrogens is 404 g/mol. The standard InChI is InChI=1S/C20H18N6OS2/c21-17-16-14(11-3-2-6-23-8-11)7-15(12-9-24-20(22)25-10-12)26-18(16)28-19(17)29(27)13-4-1-5-13/h2-3,6-10,13H,1,4-5,21H2,(H2,22,24,25). The van der Waals surface area contributed by atoms with Crippen LogP contribution in [-0.4, -0.2) is 29.4 Å². The molecule has 1 saturated carbocycles. The summed E-state index contributed by atoms with van der Waals surface area (Å²) in [4.78, 5) is 17.9. The Bertz CT molecular complexity index is 1220. The van der Waals surface area contributed by atoms with Gasteiger partial charge in [0.2, 0.25) is 5.95 Å². The molecule has 1 fully saturated rings. The van der Waals surface area contributed by atoms with Gasteiger partial charge in [0.25, 0.3) is 0 Å². The van der Waals surface area contributed by atoms with Crippen molar-refractivity contribution in [2.45, 2.75) is 28.7 Å². The molecule has 1 unspecified atom stereocenters. The smallest absolute Gasteiger partial charge is 0.219 e. The van der Waals surface area contributed by atoms with Gasteiger partial charge in [0.15, 0.2) is 0 Å². The van der Waals surface area contributed by atoms with E-state index < -0.39 is 10.8 Å². The zero-order valence-corrected chi connectivity index (χ0v) is 17.0. The second kappa shape index (κ2) is 7.16. The quantitative estimate of drug-likeness (QED) is 0.515. The first-order valence-corrected chi connectivity index (χ1v) is 11.3. The molecule has 0 saturated heterocycles. The summed E-state index contributed by atoms with van der Waals surface area (Å²) in [5.41, 5.74) is 16.0. The average Bonchev–Trinajstić information content (AvgIpc) is 3.04. The lowest BCUT2D eigenvalue weighted by atomic mass is 10.00. The van der Waals surface area contributed by atoms with E-state index in [0.717, 1.165) is 46.2 Å². The van der Waals surface area contributed by atoms with E-state index in [4.69, 9.17) is 16.5 Å². The van der Waals surface area contributed by atoms with Gasteiger partial charge in [-0.1, -0.05) is 12.5 Å². The zero-order chi connectivity index (χ0) is 20.0. The highest BCUT2D eigenvalue weighted by atomic mass is 32.2. The van der Waals surface area contributed by atoms with Crippen LogP contribution in [0.15, 0.2) is 47.2 Å². The number of nitrogens with zero attached hydrogens (tertiary/aromatic N) is 4. The predicted octanol–water partition coefficient (Wildman–Crippen LogP) is 3.64. The monoisotopic (exact) mass is 422 g/mol. The molecule has 0 amide bonds. The number of aromatic nitrogens is 4. The Labute approximate surface area is 173 Å². The number of rotatable bonds is 4. The van der Waals surface area contributed by atoms with Crippen molar-refractivity contribution in [2.24, 2.45) is 0 Å². The fraction of sp³-hybridized carbons (Fsp3) is 0.200. The van der Waals surface area contributed by atoms with Crippen molar-refractivity contribution in [3.8, 4) is 22.4 Å². The van der Waals surface area contributed by atoms with Crippen molar-refractivity contribution in [1.82, 2.24) is 19.9 Å². The van der Waals surface area contributed by atoms with Gasteiger partial charge in [0, 0.05) is 46.6 Å². The van der Waals surface area contributed by atoms with Crippen LogP contribution in [0.2, 0.25) is 0 Å². The molecule has 1 aliphatic carbocycles. The first-order chi connectivity index (χ1) is 14.1. The molecule has 4 N–H and O–H groups in total. The van der Waals surface area contributed by atoms with Crippen molar-refractivity contribution in [3.05, 3.63) is 43.0 Å². The maximum atomic E-state index is 13.0. The number of fused-ring (bicyclic) bond motifs is 1. The van der Waals surface area contributed by atoms with E-state index in [2.05, 4.69) is 15.0 Å². The Kier molecular flexibility index (Phi) is 4.48. The molecule has 0 bridgehead atoms. The van der Waals surface area contributed by atoms with Crippen LogP contribution in [0.5, 0.6) is 0 Å². The Balaban J connectivity index is 1.75. The third-order valence-corrected chi connectivity index (χ3v) is 8.44. The summed E-state index contributed by atoms with van der Waals surface area (Å²) in [5, 5.41) is 1.02. The number of pyridine rings is 2. The molecule has 4 heterocycles. The highest BCUT2D eigenvalue weighted by Crippen LogP contribution is 2.44. The van der Waals surface area contributed by atoms with Crippen LogP contribution in [0.25, 0.3) is 32.6 Å². The molecule has 0 aromatic carbocycles. The number of nitrogens with two attached hydrogens (primary N) is 2. The highest BCUT2D eigenvalue weighted by Gasteiger charge is 2.29. The van der Waals surface area contributed by atoms with E-state index in [-0.39, 0.29) is 11.2 Å². The Morgan fingerprint density at radius 2 is 1.90 bits per heavy atom. The van der Waals surface area contributed by atoms with Crippen LogP contribution in [0.4, 0.5) is 11.6 Å². The van der Waals surface area contributed by atoms with Crippen LogP contribution >= 0.6 is 11.3 Å². The SMILES string of the molecule is Nc1ncc(-c2cc(-c3cccnc3)c3c(N)c(S(=O)C4CCC4)sc3n2)cn1. The van der Waals surface area contributed by atoms with Gasteiger partial charge in [-0.3, -0.25) is 9.19 Å². The lowest BCUT2D eigenvalue weighted by molar-refractivity contribution is 0.505. The van der Waals surface area contributed by atoms with E-state index in [1.165, 1.54) is 11.3 Å². The fourth-order valence-electron chi connectivity index (χ4n) is 3.35. The molecular formula is C20H18N6OS2. The summed E-state index contributed by atoms with van der Waals surface area (Å²) < 4.78 is 13.7. The van der Waals surface area contributed by atoms with Crippen LogP contribution in [0.3, 0.4) is 0 Å². The molecule has 5 rings (SSSR count). The van der Waals surface area contributed by atoms with Gasteiger partial charge in [0.05, 0.1) is 22.2 Å². The van der Waals surface area contributed by atoms with Gasteiger partial charge in [-0.25, -0.2) is 15.0 Å². The van der Waals surface area contributed by atoms with Crippen molar-refractivity contribution in [3.63, 3.8) is 0 Å². The third-order valence-electron chi connectivity index (χ3n) is 5.14. The molecule has 0 aliphatic heterocycles. The summed E-state index contributed by atoms with van der Waals surface area (Å²) in [5.74, 6) is 0.209. The number of thiophene rings is 1. The molecule has 4 aromatic rings. The topological polar surface area (TPSA) is 121 Å². The van der Waals surface area contributed by atoms with Crippen LogP contribution < -0.4 is 11.5 Å². The number of anilines is 2. The molecule has 9 heteroatoms. The maximum Gasteiger partial charge on any atom is 0.219 e. The fourth-order valence-corrected chi connectivity index (χ4v) is 6.56. The summed E-state index contributed by atoms with van der Waals surface area (Å²) in [6.07, 6.45) is 9.90. The summed E-state index contributed by atoms with van der Waals surface area (Å²) >= 11 is 1.41. The van der Waals surface area contributed by atoms with Crippen molar-refractivity contribution >= 4 is 44.0 Å². The van der Waals surface area contributed by atoms with Gasteiger partial charge >= 0.3 is 0 Å². The first kappa shape index (κ1) is 18.1. The van der Waals surface area contributed by atoms with Gasteiger partial charge in [-0.05, 0) is 30.5 Å². The third kappa shape index (κ3) is 3.16. The van der Waals surface area contributed by atoms with Crippen molar-refractivity contribution in [2.75, 3.05) is 11.5 Å². The first-order valence-electron chi connectivity index (χ1n) is 9.23. The number of nitrogen functional groups attached to an aromatic ring is 2. The van der Waals surface area contributed by atoms with E-state index >= 15 is 0 Å². The number of hydrogen-bond donors (Lipinski definition) is 2. The van der Waals surface area contributed by atoms with E-state index in [1.807, 2.05) is 18.2 Å². The summed E-state index contributed by atoms with van der Waals surface area (Å²) in [6.45, 7) is 0. The normalized spacial score (nSPS) is 15.3. The summed E-state index contributed by atoms with van der Waals surface area (Å²) in [6, 6.07) is 5.81.